The number of benzene rings is 6. The third-order valence-electron chi connectivity index (χ3n) is 14.8. The van der Waals surface area contributed by atoms with Crippen LogP contribution in [0.4, 0.5) is 11.4 Å². The fourth-order valence-corrected chi connectivity index (χ4v) is 13.4. The molecule has 0 aromatic heterocycles. The van der Waals surface area contributed by atoms with Crippen LogP contribution in [-0.2, 0) is 59.9 Å². The van der Waals surface area contributed by atoms with Crippen LogP contribution in [0.25, 0.3) is 0 Å². The highest BCUT2D eigenvalue weighted by Gasteiger charge is 2.38. The molecule has 1 saturated heterocycles. The van der Waals surface area contributed by atoms with E-state index < -0.39 is 55.9 Å². The predicted molar refractivity (Wildman–Crippen MR) is 354 cm³/mol. The highest BCUT2D eigenvalue weighted by atomic mass is 79.9. The van der Waals surface area contributed by atoms with Crippen molar-refractivity contribution in [1.29, 1.82) is 0 Å². The van der Waals surface area contributed by atoms with Gasteiger partial charge in [0.2, 0.25) is 11.7 Å². The molecule has 502 valence electrons. The minimum absolute atomic E-state index is 0.102. The Kier molecular flexibility index (Phi) is 27.3. The Bertz CT molecular complexity index is 3750. The van der Waals surface area contributed by atoms with Crippen molar-refractivity contribution in [3.05, 3.63) is 146 Å². The van der Waals surface area contributed by atoms with Crippen molar-refractivity contribution in [3.8, 4) is 40.2 Å². The fourth-order valence-electron chi connectivity index (χ4n) is 10.1. The molecule has 0 radical (unpaired) electrons. The van der Waals surface area contributed by atoms with Gasteiger partial charge in [0, 0.05) is 35.4 Å². The van der Waals surface area contributed by atoms with Crippen LogP contribution in [-0.4, -0.2) is 146 Å². The maximum atomic E-state index is 14.6. The van der Waals surface area contributed by atoms with E-state index in [9.17, 15) is 36.0 Å². The van der Waals surface area contributed by atoms with Crippen LogP contribution in [0, 0.1) is 6.92 Å². The normalized spacial score (nSPS) is 13.8. The van der Waals surface area contributed by atoms with E-state index in [1.165, 1.54) is 69.9 Å². The summed E-state index contributed by atoms with van der Waals surface area (Å²) in [4.78, 5) is 55.9. The number of piperidine rings is 1. The van der Waals surface area contributed by atoms with Gasteiger partial charge in [0.05, 0.1) is 87.8 Å². The largest absolute Gasteiger partial charge is 0.493 e. The van der Waals surface area contributed by atoms with E-state index in [0.29, 0.717) is 87.9 Å². The summed E-state index contributed by atoms with van der Waals surface area (Å²) in [6.45, 7) is 4.46. The SMILES string of the molecule is CC[C@H](C(=O)N1CCCC[C@H]1C(=O)O[C@H](CCc1ccc(OC)c(OC)c1)c1cccc(OCC(=O)NCCOCCOCCNC(=O)COc2cc(C)c(NS(=O)(=O)c3ccc(NS(=O)(=O)c4cc(Cl)cc(Cl)c4)cc3)cc2Br)c1)c1cc(OC)c(OC)c(OC)c1. The number of sulfonamides is 2. The van der Waals surface area contributed by atoms with Crippen molar-refractivity contribution in [2.24, 2.45) is 0 Å². The van der Waals surface area contributed by atoms with Gasteiger partial charge in [-0.1, -0.05) is 48.3 Å². The molecule has 1 heterocycles. The van der Waals surface area contributed by atoms with Crippen molar-refractivity contribution < 1.29 is 83.4 Å². The number of carbonyl (C=O) groups is 4. The van der Waals surface area contributed by atoms with E-state index in [2.05, 4.69) is 36.0 Å². The molecule has 3 amide bonds. The van der Waals surface area contributed by atoms with E-state index in [-0.39, 0.29) is 95.6 Å². The Morgan fingerprint density at radius 1 is 0.634 bits per heavy atom. The van der Waals surface area contributed by atoms with Gasteiger partial charge < -0.3 is 62.9 Å². The number of methoxy groups -OCH3 is 5. The van der Waals surface area contributed by atoms with Gasteiger partial charge in [0.1, 0.15) is 23.6 Å². The molecule has 93 heavy (non-hydrogen) atoms. The fraction of sp³-hybridized carbons (Fsp3) is 0.385. The average Bonchev–Trinajstić information content (AvgIpc) is 0.941. The lowest BCUT2D eigenvalue weighted by Gasteiger charge is -2.37. The minimum atomic E-state index is -4.13. The first-order valence-corrected chi connectivity index (χ1v) is 34.1. The molecule has 28 heteroatoms. The van der Waals surface area contributed by atoms with Gasteiger partial charge >= 0.3 is 5.97 Å². The van der Waals surface area contributed by atoms with Crippen molar-refractivity contribution in [2.75, 3.05) is 104 Å². The maximum absolute atomic E-state index is 14.6. The zero-order valence-electron chi connectivity index (χ0n) is 52.5. The van der Waals surface area contributed by atoms with Gasteiger partial charge in [-0.25, -0.2) is 21.6 Å². The number of nitrogens with one attached hydrogen (secondary N) is 4. The molecule has 6 aromatic carbocycles. The number of likely N-dealkylation sites (tertiary alicyclic amines) is 1. The van der Waals surface area contributed by atoms with Gasteiger partial charge in [-0.3, -0.25) is 23.8 Å². The second kappa shape index (κ2) is 35.0. The monoisotopic (exact) mass is 1430 g/mol. The lowest BCUT2D eigenvalue weighted by Crippen LogP contribution is -2.50. The molecule has 23 nitrogen and oxygen atoms in total. The standard InChI is InChI=1S/C65H76BrCl2N5O18S2/c1-8-51(44-33-59(84-5)63(86-7)60(34-44)85-6)64(76)73-25-10-9-14-54(73)65(77)91-55(21-15-42-16-22-56(82-3)58(31-42)83-4)43-12-11-13-48(32-43)89-39-61(74)69-23-26-87-28-29-88-27-24-70-62(75)40-90-57-30-41(2)53(38-52(57)66)72-92(78,79)49-19-17-47(18-20-49)71-93(80,81)50-36-45(67)35-46(68)37-50/h11-13,16-20,22,30-38,51,54-55,71-72H,8-10,14-15,21,23-29,39-40H2,1-7H3,(H,69,74)(H,70,75)/t51-,54-,55+/m0/s1. The number of anilines is 2. The Labute approximate surface area is 560 Å². The molecule has 0 unspecified atom stereocenters. The van der Waals surface area contributed by atoms with Crippen LogP contribution in [0.2, 0.25) is 10.0 Å². The lowest BCUT2D eigenvalue weighted by molar-refractivity contribution is -0.162. The van der Waals surface area contributed by atoms with E-state index in [1.807, 2.05) is 31.2 Å². The van der Waals surface area contributed by atoms with Crippen LogP contribution < -0.4 is 53.2 Å². The van der Waals surface area contributed by atoms with Crippen LogP contribution in [0.15, 0.2) is 123 Å². The van der Waals surface area contributed by atoms with E-state index in [0.717, 1.165) is 18.4 Å². The second-order valence-corrected chi connectivity index (χ2v) is 26.2. The zero-order chi connectivity index (χ0) is 67.2. The number of aryl methyl sites for hydroxylation is 2. The molecular formula is C65H76BrCl2N5O18S2. The molecule has 3 atom stereocenters. The molecule has 0 spiro atoms. The Morgan fingerprint density at radius 2 is 1.26 bits per heavy atom. The molecule has 0 aliphatic carbocycles. The Morgan fingerprint density at radius 3 is 1.87 bits per heavy atom. The quantitative estimate of drug-likeness (QED) is 0.0213. The highest BCUT2D eigenvalue weighted by Crippen LogP contribution is 2.42. The molecule has 0 saturated carbocycles. The third kappa shape index (κ3) is 20.6. The van der Waals surface area contributed by atoms with E-state index in [1.54, 1.807) is 62.4 Å². The topological polar surface area (TPSA) is 280 Å². The third-order valence-corrected chi connectivity index (χ3v) is 18.6. The zero-order valence-corrected chi connectivity index (χ0v) is 57.2. The first-order valence-electron chi connectivity index (χ1n) is 29.6. The first kappa shape index (κ1) is 72.7. The van der Waals surface area contributed by atoms with Crippen LogP contribution in [0.1, 0.15) is 73.3 Å². The van der Waals surface area contributed by atoms with Crippen LogP contribution in [0.5, 0.6) is 40.2 Å². The smallest absolute Gasteiger partial charge is 0.329 e. The summed E-state index contributed by atoms with van der Waals surface area (Å²) < 4.78 is 115. The number of halogens is 3. The molecule has 7 rings (SSSR count). The van der Waals surface area contributed by atoms with Gasteiger partial charge in [-0.05, 0) is 175 Å². The van der Waals surface area contributed by atoms with Gasteiger partial charge in [-0.2, -0.15) is 0 Å². The molecular weight excluding hydrogens is 1350 g/mol. The summed E-state index contributed by atoms with van der Waals surface area (Å²) in [7, 11) is -0.553. The molecule has 0 bridgehead atoms. The predicted octanol–water partition coefficient (Wildman–Crippen LogP) is 10.2. The van der Waals surface area contributed by atoms with Crippen molar-refractivity contribution >= 4 is 94.2 Å². The summed E-state index contributed by atoms with van der Waals surface area (Å²) in [6, 6.07) is 27.3. The number of rotatable bonds is 35. The summed E-state index contributed by atoms with van der Waals surface area (Å²) in [5.41, 5.74) is 3.01. The molecule has 4 N–H and O–H groups in total. The van der Waals surface area contributed by atoms with E-state index in [4.69, 9.17) is 70.6 Å². The van der Waals surface area contributed by atoms with Crippen molar-refractivity contribution in [3.63, 3.8) is 0 Å². The average molecular weight is 1430 g/mol. The van der Waals surface area contributed by atoms with Crippen LogP contribution >= 0.6 is 39.1 Å². The summed E-state index contributed by atoms with van der Waals surface area (Å²) in [5.74, 6) is 0.830. The number of ether oxygens (including phenoxy) is 10. The Hall–Kier alpha value is -7.72. The summed E-state index contributed by atoms with van der Waals surface area (Å²) in [6.07, 6.45) is 2.37. The Balaban J connectivity index is 0.823. The molecule has 1 aliphatic heterocycles. The number of amides is 3. The summed E-state index contributed by atoms with van der Waals surface area (Å²) >= 11 is 15.3. The second-order valence-electron chi connectivity index (χ2n) is 21.1. The number of carbonyl (C=O) groups excluding carboxylic acids is 4. The van der Waals surface area contributed by atoms with E-state index >= 15 is 0 Å². The first-order chi connectivity index (χ1) is 44.6. The molecule has 6 aromatic rings. The van der Waals surface area contributed by atoms with Crippen molar-refractivity contribution in [2.45, 2.75) is 80.2 Å². The van der Waals surface area contributed by atoms with Gasteiger partial charge in [0.25, 0.3) is 31.9 Å². The molecule has 1 fully saturated rings. The van der Waals surface area contributed by atoms with Crippen molar-refractivity contribution in [1.82, 2.24) is 15.5 Å². The summed E-state index contributed by atoms with van der Waals surface area (Å²) in [5, 5.41) is 5.72. The number of hydrogen-bond donors (Lipinski definition) is 4. The maximum Gasteiger partial charge on any atom is 0.329 e. The highest BCUT2D eigenvalue weighted by molar-refractivity contribution is 9.10. The number of esters is 1. The minimum Gasteiger partial charge on any atom is -0.493 e. The lowest BCUT2D eigenvalue weighted by atomic mass is 9.91. The number of nitrogens with zero attached hydrogens (tertiary/aromatic N) is 1. The van der Waals surface area contributed by atoms with Gasteiger partial charge in [0.15, 0.2) is 36.2 Å². The van der Waals surface area contributed by atoms with Gasteiger partial charge in [-0.15, -0.1) is 0 Å². The van der Waals surface area contributed by atoms with Crippen LogP contribution in [0.3, 0.4) is 0 Å². The molecule has 1 aliphatic rings. The number of hydrogen-bond acceptors (Lipinski definition) is 18.